The van der Waals surface area contributed by atoms with Crippen LogP contribution in [0, 0.1) is 6.92 Å². The molecule has 23 heavy (non-hydrogen) atoms. The van der Waals surface area contributed by atoms with Gasteiger partial charge in [0.1, 0.15) is 4.21 Å². The third-order valence-electron chi connectivity index (χ3n) is 2.89. The van der Waals surface area contributed by atoms with Gasteiger partial charge in [-0.1, -0.05) is 0 Å². The Balaban J connectivity index is 2.09. The average molecular weight is 370 g/mol. The van der Waals surface area contributed by atoms with Crippen molar-refractivity contribution >= 4 is 21.4 Å². The van der Waals surface area contributed by atoms with Gasteiger partial charge in [0.05, 0.1) is 6.54 Å². The van der Waals surface area contributed by atoms with Gasteiger partial charge in [-0.05, 0) is 19.1 Å². The zero-order valence-electron chi connectivity index (χ0n) is 12.1. The van der Waals surface area contributed by atoms with Crippen LogP contribution in [-0.2, 0) is 29.8 Å². The van der Waals surface area contributed by atoms with Crippen LogP contribution in [0.5, 0.6) is 0 Å². The van der Waals surface area contributed by atoms with E-state index in [4.69, 9.17) is 0 Å². The number of alkyl halides is 3. The Morgan fingerprint density at radius 1 is 1.35 bits per heavy atom. The van der Waals surface area contributed by atoms with Gasteiger partial charge in [-0.2, -0.15) is 13.2 Å². The maximum atomic E-state index is 12.6. The lowest BCUT2D eigenvalue weighted by atomic mass is 10.5. The second-order valence-electron chi connectivity index (χ2n) is 4.65. The number of hydrogen-bond donors (Lipinski definition) is 1. The van der Waals surface area contributed by atoms with Crippen LogP contribution in [0.4, 0.5) is 13.2 Å². The molecule has 0 fully saturated rings. The van der Waals surface area contributed by atoms with Gasteiger partial charge in [0.15, 0.2) is 0 Å². The molecular weight excluding hydrogens is 357 g/mol. The third kappa shape index (κ3) is 3.82. The van der Waals surface area contributed by atoms with Crippen molar-refractivity contribution in [1.29, 1.82) is 0 Å². The summed E-state index contributed by atoms with van der Waals surface area (Å²) in [5, 5.41) is 3.19. The predicted molar refractivity (Wildman–Crippen MR) is 76.7 cm³/mol. The molecular formula is C11H13F3N4O3S2. The van der Waals surface area contributed by atoms with Crippen molar-refractivity contribution in [2.75, 3.05) is 6.54 Å². The van der Waals surface area contributed by atoms with E-state index in [0.29, 0.717) is 9.25 Å². The van der Waals surface area contributed by atoms with E-state index in [1.165, 1.54) is 6.07 Å². The molecule has 2 aromatic heterocycles. The molecule has 0 atom stereocenters. The van der Waals surface area contributed by atoms with E-state index in [1.54, 1.807) is 13.0 Å². The van der Waals surface area contributed by atoms with Gasteiger partial charge in [-0.25, -0.2) is 22.6 Å². The molecule has 0 aliphatic rings. The van der Waals surface area contributed by atoms with Gasteiger partial charge < -0.3 is 0 Å². The maximum absolute atomic E-state index is 12.6. The van der Waals surface area contributed by atoms with Crippen molar-refractivity contribution in [2.24, 2.45) is 7.05 Å². The smallest absolute Gasteiger partial charge is 0.274 e. The molecule has 1 N–H and O–H groups in total. The monoisotopic (exact) mass is 370 g/mol. The second-order valence-corrected chi connectivity index (χ2v) is 7.93. The van der Waals surface area contributed by atoms with Crippen LogP contribution in [-0.4, -0.2) is 29.3 Å². The van der Waals surface area contributed by atoms with Crippen LogP contribution >= 0.6 is 11.3 Å². The molecule has 0 saturated carbocycles. The van der Waals surface area contributed by atoms with Crippen LogP contribution in [0.1, 0.15) is 10.7 Å². The van der Waals surface area contributed by atoms with Crippen molar-refractivity contribution < 1.29 is 21.6 Å². The minimum atomic E-state index is -4.76. The molecule has 128 valence electrons. The first-order chi connectivity index (χ1) is 10.5. The lowest BCUT2D eigenvalue weighted by Crippen LogP contribution is -2.31. The van der Waals surface area contributed by atoms with E-state index in [1.807, 2.05) is 0 Å². The maximum Gasteiger partial charge on any atom is 0.451 e. The molecule has 0 aromatic carbocycles. The molecule has 0 unspecified atom stereocenters. The van der Waals surface area contributed by atoms with Gasteiger partial charge in [-0.3, -0.25) is 4.57 Å². The number of nitrogens with one attached hydrogen (secondary N) is 1. The highest BCUT2D eigenvalue weighted by atomic mass is 32.2. The van der Waals surface area contributed by atoms with Gasteiger partial charge in [0.25, 0.3) is 0 Å². The van der Waals surface area contributed by atoms with Crippen molar-refractivity contribution in [3.05, 3.63) is 33.3 Å². The first-order valence-electron chi connectivity index (χ1n) is 6.29. The number of aryl methyl sites for hydroxylation is 1. The van der Waals surface area contributed by atoms with E-state index in [9.17, 15) is 26.4 Å². The van der Waals surface area contributed by atoms with Crippen molar-refractivity contribution in [3.8, 4) is 0 Å². The Labute approximate surface area is 133 Å². The molecule has 2 aromatic rings. The normalized spacial score (nSPS) is 12.7. The molecule has 0 aliphatic heterocycles. The van der Waals surface area contributed by atoms with Crippen LogP contribution in [0.15, 0.2) is 21.1 Å². The summed E-state index contributed by atoms with van der Waals surface area (Å²) < 4.78 is 65.1. The average Bonchev–Trinajstić information content (AvgIpc) is 2.97. The molecule has 0 spiro atoms. The third-order valence-corrected chi connectivity index (χ3v) is 5.84. The standard InChI is InChI=1S/C11H13F3N4O3S2/c1-7-3-4-8(22-7)23(20,21)15-5-6-18-10(19)17(2)9(16-18)11(12,13)14/h3-4,15H,5-6H2,1-2H3. The molecule has 2 rings (SSSR count). The lowest BCUT2D eigenvalue weighted by Gasteiger charge is -2.04. The zero-order chi connectivity index (χ0) is 17.4. The van der Waals surface area contributed by atoms with Crippen LogP contribution < -0.4 is 10.4 Å². The minimum absolute atomic E-state index is 0.0966. The number of aromatic nitrogens is 3. The zero-order valence-corrected chi connectivity index (χ0v) is 13.7. The fourth-order valence-corrected chi connectivity index (χ4v) is 4.14. The molecule has 0 aliphatic carbocycles. The Morgan fingerprint density at radius 3 is 2.48 bits per heavy atom. The quantitative estimate of drug-likeness (QED) is 0.849. The van der Waals surface area contributed by atoms with E-state index in [2.05, 4.69) is 9.82 Å². The summed E-state index contributed by atoms with van der Waals surface area (Å²) in [4.78, 5) is 12.5. The first kappa shape index (κ1) is 17.7. The summed E-state index contributed by atoms with van der Waals surface area (Å²) in [6.07, 6.45) is -4.76. The Morgan fingerprint density at radius 2 is 2.00 bits per heavy atom. The summed E-state index contributed by atoms with van der Waals surface area (Å²) in [5.41, 5.74) is -0.969. The highest BCUT2D eigenvalue weighted by Gasteiger charge is 2.37. The lowest BCUT2D eigenvalue weighted by molar-refractivity contribution is -0.147. The van der Waals surface area contributed by atoms with E-state index < -0.39 is 27.7 Å². The molecule has 0 saturated heterocycles. The Hall–Kier alpha value is -1.66. The fourth-order valence-electron chi connectivity index (χ4n) is 1.79. The Bertz CT molecular complexity index is 864. The molecule has 7 nitrogen and oxygen atoms in total. The SMILES string of the molecule is Cc1ccc(S(=O)(=O)NCCn2nc(C(F)(F)F)n(C)c2=O)s1. The van der Waals surface area contributed by atoms with Crippen molar-refractivity contribution in [2.45, 2.75) is 23.9 Å². The number of nitrogens with zero attached hydrogens (tertiary/aromatic N) is 3. The molecule has 2 heterocycles. The number of halogens is 3. The van der Waals surface area contributed by atoms with Gasteiger partial charge in [-0.15, -0.1) is 16.4 Å². The van der Waals surface area contributed by atoms with E-state index in [0.717, 1.165) is 23.3 Å². The molecule has 0 bridgehead atoms. The van der Waals surface area contributed by atoms with Crippen molar-refractivity contribution in [3.63, 3.8) is 0 Å². The van der Waals surface area contributed by atoms with Crippen molar-refractivity contribution in [1.82, 2.24) is 19.1 Å². The number of thiophene rings is 1. The molecule has 0 amide bonds. The first-order valence-corrected chi connectivity index (χ1v) is 8.59. The summed E-state index contributed by atoms with van der Waals surface area (Å²) >= 11 is 1.07. The Kier molecular flexibility index (Phi) is 4.69. The van der Waals surface area contributed by atoms with Crippen LogP contribution in [0.25, 0.3) is 0 Å². The van der Waals surface area contributed by atoms with E-state index >= 15 is 0 Å². The summed E-state index contributed by atoms with van der Waals surface area (Å²) in [5.74, 6) is -1.33. The van der Waals surface area contributed by atoms with Crippen LogP contribution in [0.3, 0.4) is 0 Å². The predicted octanol–water partition coefficient (Wildman–Crippen LogP) is 0.949. The number of sulfonamides is 1. The molecule has 12 heteroatoms. The minimum Gasteiger partial charge on any atom is -0.274 e. The summed E-state index contributed by atoms with van der Waals surface area (Å²) in [6, 6.07) is 3.06. The number of rotatable bonds is 5. The number of hydrogen-bond acceptors (Lipinski definition) is 5. The topological polar surface area (TPSA) is 86.0 Å². The second kappa shape index (κ2) is 6.09. The summed E-state index contributed by atoms with van der Waals surface area (Å²) in [6.45, 7) is 1.18. The largest absolute Gasteiger partial charge is 0.451 e. The van der Waals surface area contributed by atoms with Gasteiger partial charge >= 0.3 is 11.9 Å². The summed E-state index contributed by atoms with van der Waals surface area (Å²) in [7, 11) is -2.81. The highest BCUT2D eigenvalue weighted by Crippen LogP contribution is 2.26. The van der Waals surface area contributed by atoms with Crippen LogP contribution in [0.2, 0.25) is 0 Å². The fraction of sp³-hybridized carbons (Fsp3) is 0.455. The van der Waals surface area contributed by atoms with Gasteiger partial charge in [0.2, 0.25) is 15.8 Å². The van der Waals surface area contributed by atoms with E-state index in [-0.39, 0.29) is 17.3 Å². The highest BCUT2D eigenvalue weighted by molar-refractivity contribution is 7.91. The molecule has 0 radical (unpaired) electrons. The van der Waals surface area contributed by atoms with Gasteiger partial charge in [0, 0.05) is 18.5 Å².